The Morgan fingerprint density at radius 2 is 1.84 bits per heavy atom. The number of rotatable bonds is 5. The Kier molecular flexibility index (Phi) is 5.88. The summed E-state index contributed by atoms with van der Waals surface area (Å²) in [7, 11) is 0. The van der Waals surface area contributed by atoms with Crippen molar-refractivity contribution in [2.24, 2.45) is 10.8 Å². The van der Waals surface area contributed by atoms with Crippen LogP contribution in [-0.4, -0.2) is 35.7 Å². The minimum Gasteiger partial charge on any atom is -0.372 e. The first kappa shape index (κ1) is 20.5. The van der Waals surface area contributed by atoms with E-state index in [0.717, 1.165) is 35.2 Å². The fraction of sp³-hybridized carbons (Fsp3) is 0.261. The average molecular weight is 418 g/mol. The molecule has 0 saturated carbocycles. The van der Waals surface area contributed by atoms with Crippen LogP contribution in [0.2, 0.25) is 0 Å². The predicted octanol–water partition coefficient (Wildman–Crippen LogP) is 3.62. The van der Waals surface area contributed by atoms with E-state index in [1.54, 1.807) is 0 Å². The monoisotopic (exact) mass is 417 g/mol. The molecule has 0 aliphatic carbocycles. The summed E-state index contributed by atoms with van der Waals surface area (Å²) in [5.74, 6) is -0.405. The molecule has 1 aromatic heterocycles. The van der Waals surface area contributed by atoms with Crippen molar-refractivity contribution in [1.29, 1.82) is 5.41 Å². The number of amides is 1. The van der Waals surface area contributed by atoms with Crippen LogP contribution in [0.5, 0.6) is 0 Å². The van der Waals surface area contributed by atoms with Crippen molar-refractivity contribution in [1.82, 2.24) is 10.4 Å². The number of hydrogen-bond acceptors (Lipinski definition) is 4. The molecule has 0 radical (unpaired) electrons. The molecule has 0 atom stereocenters. The second-order valence-electron chi connectivity index (χ2n) is 7.76. The van der Waals surface area contributed by atoms with E-state index in [9.17, 15) is 4.79 Å². The molecule has 8 heteroatoms. The Morgan fingerprint density at radius 3 is 2.55 bits per heavy atom. The number of nitrogens with one attached hydrogen (secondary N) is 4. The number of aromatic nitrogens is 1. The summed E-state index contributed by atoms with van der Waals surface area (Å²) in [6.45, 7) is 4.01. The van der Waals surface area contributed by atoms with Gasteiger partial charge in [-0.1, -0.05) is 6.07 Å². The summed E-state index contributed by atoms with van der Waals surface area (Å²) in [6.07, 6.45) is 3.77. The quantitative estimate of drug-likeness (QED) is 0.247. The summed E-state index contributed by atoms with van der Waals surface area (Å²) >= 11 is 0. The highest BCUT2D eigenvalue weighted by molar-refractivity contribution is 6.07. The summed E-state index contributed by atoms with van der Waals surface area (Å²) in [4.78, 5) is 18.3. The first-order valence-electron chi connectivity index (χ1n) is 10.4. The van der Waals surface area contributed by atoms with Gasteiger partial charge in [0, 0.05) is 35.4 Å². The van der Waals surface area contributed by atoms with Gasteiger partial charge in [-0.05, 0) is 74.2 Å². The van der Waals surface area contributed by atoms with Gasteiger partial charge in [-0.2, -0.15) is 5.10 Å². The van der Waals surface area contributed by atoms with Gasteiger partial charge in [0.1, 0.15) is 5.69 Å². The highest BCUT2D eigenvalue weighted by atomic mass is 16.1. The van der Waals surface area contributed by atoms with Crippen molar-refractivity contribution in [3.05, 3.63) is 59.8 Å². The van der Waals surface area contributed by atoms with Crippen LogP contribution in [-0.2, 0) is 0 Å². The molecule has 6 N–H and O–H groups in total. The number of guanidine groups is 1. The van der Waals surface area contributed by atoms with Gasteiger partial charge in [-0.3, -0.25) is 10.2 Å². The molecule has 1 saturated heterocycles. The molecule has 1 aliphatic heterocycles. The zero-order valence-corrected chi connectivity index (χ0v) is 17.5. The molecule has 0 spiro atoms. The van der Waals surface area contributed by atoms with Crippen LogP contribution < -0.4 is 21.4 Å². The van der Waals surface area contributed by atoms with Gasteiger partial charge in [0.05, 0.1) is 5.71 Å². The smallest absolute Gasteiger partial charge is 0.272 e. The number of benzene rings is 2. The third kappa shape index (κ3) is 4.85. The van der Waals surface area contributed by atoms with E-state index in [0.29, 0.717) is 11.4 Å². The second kappa shape index (κ2) is 8.91. The number of carbonyl (C=O) groups excluding carboxylic acids is 1. The second-order valence-corrected chi connectivity index (χ2v) is 7.76. The van der Waals surface area contributed by atoms with Crippen molar-refractivity contribution in [3.8, 4) is 0 Å². The van der Waals surface area contributed by atoms with Crippen LogP contribution in [0.4, 0.5) is 11.4 Å². The molecule has 2 heterocycles. The molecule has 4 rings (SSSR count). The lowest BCUT2D eigenvalue weighted by Gasteiger charge is -2.28. The topological polar surface area (TPSA) is 122 Å². The van der Waals surface area contributed by atoms with Crippen LogP contribution in [0.3, 0.4) is 0 Å². The van der Waals surface area contributed by atoms with E-state index in [1.165, 1.54) is 24.9 Å². The van der Waals surface area contributed by atoms with Crippen molar-refractivity contribution in [2.45, 2.75) is 26.2 Å². The Balaban J connectivity index is 1.46. The number of hydrogen-bond donors (Lipinski definition) is 5. The van der Waals surface area contributed by atoms with Gasteiger partial charge in [-0.25, -0.2) is 5.43 Å². The first-order chi connectivity index (χ1) is 15.0. The Bertz CT molecular complexity index is 1120. The Labute approximate surface area is 181 Å². The van der Waals surface area contributed by atoms with Crippen molar-refractivity contribution in [3.63, 3.8) is 0 Å². The van der Waals surface area contributed by atoms with Crippen LogP contribution in [0.1, 0.15) is 42.2 Å². The molecule has 2 aromatic carbocycles. The molecule has 1 fully saturated rings. The number of aromatic amines is 1. The minimum absolute atomic E-state index is 0.188. The number of anilines is 2. The molecule has 0 bridgehead atoms. The zero-order valence-electron chi connectivity index (χ0n) is 17.5. The lowest BCUT2D eigenvalue weighted by Crippen LogP contribution is -2.29. The van der Waals surface area contributed by atoms with E-state index in [-0.39, 0.29) is 11.9 Å². The lowest BCUT2D eigenvalue weighted by atomic mass is 10.1. The molecule has 160 valence electrons. The van der Waals surface area contributed by atoms with Crippen LogP contribution in [0.25, 0.3) is 10.9 Å². The van der Waals surface area contributed by atoms with Gasteiger partial charge in [0.15, 0.2) is 0 Å². The van der Waals surface area contributed by atoms with Crippen molar-refractivity contribution in [2.75, 3.05) is 23.3 Å². The highest BCUT2D eigenvalue weighted by Crippen LogP contribution is 2.23. The lowest BCUT2D eigenvalue weighted by molar-refractivity contribution is 0.102. The normalized spacial score (nSPS) is 14.5. The van der Waals surface area contributed by atoms with E-state index in [4.69, 9.17) is 11.1 Å². The summed E-state index contributed by atoms with van der Waals surface area (Å²) in [5, 5.41) is 15.1. The molecule has 0 unspecified atom stereocenters. The molecular weight excluding hydrogens is 390 g/mol. The maximum absolute atomic E-state index is 12.7. The van der Waals surface area contributed by atoms with E-state index in [1.807, 2.05) is 43.3 Å². The molecule has 8 nitrogen and oxygen atoms in total. The van der Waals surface area contributed by atoms with E-state index >= 15 is 0 Å². The summed E-state index contributed by atoms with van der Waals surface area (Å²) in [5.41, 5.74) is 12.6. The first-order valence-corrected chi connectivity index (χ1v) is 10.4. The number of hydrazone groups is 1. The van der Waals surface area contributed by atoms with Gasteiger partial charge < -0.3 is 20.9 Å². The predicted molar refractivity (Wildman–Crippen MR) is 126 cm³/mol. The molecule has 3 aromatic rings. The standard InChI is InChI=1S/C23H27N7O/c1-15(28-29-23(24)25)16-5-10-20-17(13-16)14-21(27-20)22(31)26-18-6-8-19(9-7-18)30-11-3-2-4-12-30/h5-10,13-14,27H,2-4,11-12H2,1H3,(H,26,31)(H4,24,25,29)/b28-15+. The highest BCUT2D eigenvalue weighted by Gasteiger charge is 2.13. The van der Waals surface area contributed by atoms with Crippen molar-refractivity contribution >= 4 is 39.9 Å². The number of piperidine rings is 1. The number of nitrogens with zero attached hydrogens (tertiary/aromatic N) is 2. The number of H-pyrrole nitrogens is 1. The van der Waals surface area contributed by atoms with Crippen molar-refractivity contribution < 1.29 is 4.79 Å². The third-order valence-corrected chi connectivity index (χ3v) is 5.47. The largest absolute Gasteiger partial charge is 0.372 e. The Morgan fingerprint density at radius 1 is 1.10 bits per heavy atom. The SMILES string of the molecule is C/C(=N\NC(=N)N)c1ccc2[nH]c(C(=O)Nc3ccc(N4CCCCC4)cc3)cc2c1. The fourth-order valence-electron chi connectivity index (χ4n) is 3.79. The summed E-state index contributed by atoms with van der Waals surface area (Å²) < 4.78 is 0. The number of fused-ring (bicyclic) bond motifs is 1. The molecule has 31 heavy (non-hydrogen) atoms. The van der Waals surface area contributed by atoms with Crippen LogP contribution in [0.15, 0.2) is 53.6 Å². The van der Waals surface area contributed by atoms with Gasteiger partial charge >= 0.3 is 0 Å². The number of carbonyl (C=O) groups is 1. The maximum atomic E-state index is 12.7. The van der Waals surface area contributed by atoms with Gasteiger partial charge in [0.2, 0.25) is 5.96 Å². The molecule has 1 aliphatic rings. The van der Waals surface area contributed by atoms with Crippen LogP contribution in [0, 0.1) is 5.41 Å². The van der Waals surface area contributed by atoms with Crippen LogP contribution >= 0.6 is 0 Å². The molecular formula is C23H27N7O. The van der Waals surface area contributed by atoms with E-state index in [2.05, 4.69) is 37.9 Å². The Hall–Kier alpha value is -3.81. The van der Waals surface area contributed by atoms with E-state index < -0.39 is 0 Å². The third-order valence-electron chi connectivity index (χ3n) is 5.47. The van der Waals surface area contributed by atoms with Gasteiger partial charge in [0.25, 0.3) is 5.91 Å². The fourth-order valence-corrected chi connectivity index (χ4v) is 3.79. The number of nitrogens with two attached hydrogens (primary N) is 1. The average Bonchev–Trinajstić information content (AvgIpc) is 3.22. The minimum atomic E-state index is -0.218. The maximum Gasteiger partial charge on any atom is 0.272 e. The summed E-state index contributed by atoms with van der Waals surface area (Å²) in [6, 6.07) is 15.6. The molecule has 1 amide bonds. The zero-order chi connectivity index (χ0) is 21.8. The van der Waals surface area contributed by atoms with Gasteiger partial charge in [-0.15, -0.1) is 0 Å².